The van der Waals surface area contributed by atoms with Crippen molar-refractivity contribution in [1.82, 2.24) is 19.8 Å². The van der Waals surface area contributed by atoms with Crippen LogP contribution in [-0.2, 0) is 4.79 Å². The summed E-state index contributed by atoms with van der Waals surface area (Å²) < 4.78 is 0. The number of nitrogens with zero attached hydrogens (tertiary/aromatic N) is 4. The molecule has 5 rings (SSSR count). The minimum absolute atomic E-state index is 0.0621. The SMILES string of the molecule is O=C(c1cnccn1)N1CC2CCC(C1)N(C(=O)C1CCC1)C2. The third-order valence-electron chi connectivity index (χ3n) is 5.52. The van der Waals surface area contributed by atoms with Crippen molar-refractivity contribution in [2.24, 2.45) is 11.8 Å². The number of hydrogen-bond acceptors (Lipinski definition) is 4. The first-order valence-electron chi connectivity index (χ1n) is 8.58. The van der Waals surface area contributed by atoms with Gasteiger partial charge in [-0.25, -0.2) is 4.98 Å². The van der Waals surface area contributed by atoms with Crippen molar-refractivity contribution in [3.05, 3.63) is 24.3 Å². The van der Waals surface area contributed by atoms with Gasteiger partial charge in [-0.3, -0.25) is 14.6 Å². The molecule has 0 spiro atoms. The van der Waals surface area contributed by atoms with Crippen molar-refractivity contribution in [1.29, 1.82) is 0 Å². The van der Waals surface area contributed by atoms with Crippen LogP contribution >= 0.6 is 0 Å². The van der Waals surface area contributed by atoms with Crippen LogP contribution in [0.1, 0.15) is 42.6 Å². The Kier molecular flexibility index (Phi) is 3.75. The Morgan fingerprint density at radius 3 is 2.61 bits per heavy atom. The smallest absolute Gasteiger partial charge is 0.274 e. The summed E-state index contributed by atoms with van der Waals surface area (Å²) in [5.41, 5.74) is 0.394. The Balaban J connectivity index is 1.51. The van der Waals surface area contributed by atoms with Gasteiger partial charge in [0.25, 0.3) is 5.91 Å². The summed E-state index contributed by atoms with van der Waals surface area (Å²) in [7, 11) is 0. The van der Waals surface area contributed by atoms with Crippen LogP contribution in [0, 0.1) is 11.8 Å². The van der Waals surface area contributed by atoms with E-state index < -0.39 is 0 Å². The molecule has 4 fully saturated rings. The molecule has 1 aliphatic carbocycles. The third kappa shape index (κ3) is 2.71. The van der Waals surface area contributed by atoms with Crippen LogP contribution in [0.25, 0.3) is 0 Å². The van der Waals surface area contributed by atoms with Gasteiger partial charge in [-0.15, -0.1) is 0 Å². The van der Waals surface area contributed by atoms with Crippen molar-refractivity contribution in [2.45, 2.75) is 38.1 Å². The molecule has 1 aromatic heterocycles. The average molecular weight is 314 g/mol. The van der Waals surface area contributed by atoms with E-state index in [4.69, 9.17) is 0 Å². The predicted molar refractivity (Wildman–Crippen MR) is 83.5 cm³/mol. The van der Waals surface area contributed by atoms with Crippen molar-refractivity contribution < 1.29 is 9.59 Å². The molecule has 0 N–H and O–H groups in total. The highest BCUT2D eigenvalue weighted by Gasteiger charge is 2.41. The molecule has 2 bridgehead atoms. The summed E-state index contributed by atoms with van der Waals surface area (Å²) in [4.78, 5) is 37.4. The van der Waals surface area contributed by atoms with Crippen molar-refractivity contribution in [3.8, 4) is 0 Å². The van der Waals surface area contributed by atoms with Gasteiger partial charge >= 0.3 is 0 Å². The van der Waals surface area contributed by atoms with Gasteiger partial charge in [0.2, 0.25) is 5.91 Å². The molecule has 1 aromatic rings. The second-order valence-corrected chi connectivity index (χ2v) is 7.02. The summed E-state index contributed by atoms with van der Waals surface area (Å²) >= 11 is 0. The molecule has 2 unspecified atom stereocenters. The van der Waals surface area contributed by atoms with Crippen molar-refractivity contribution in [2.75, 3.05) is 19.6 Å². The minimum atomic E-state index is -0.0621. The highest BCUT2D eigenvalue weighted by molar-refractivity contribution is 5.92. The third-order valence-corrected chi connectivity index (χ3v) is 5.52. The highest BCUT2D eigenvalue weighted by atomic mass is 16.2. The first-order chi connectivity index (χ1) is 11.2. The van der Waals surface area contributed by atoms with E-state index in [-0.39, 0.29) is 17.9 Å². The Labute approximate surface area is 135 Å². The Morgan fingerprint density at radius 1 is 1.04 bits per heavy atom. The van der Waals surface area contributed by atoms with Crippen LogP contribution < -0.4 is 0 Å². The predicted octanol–water partition coefficient (Wildman–Crippen LogP) is 1.34. The minimum Gasteiger partial charge on any atom is -0.337 e. The maximum atomic E-state index is 12.7. The number of piperidine rings is 1. The molecular formula is C17H22N4O2. The lowest BCUT2D eigenvalue weighted by Gasteiger charge is -2.40. The molecule has 23 heavy (non-hydrogen) atoms. The fourth-order valence-electron chi connectivity index (χ4n) is 3.98. The first kappa shape index (κ1) is 14.6. The zero-order valence-electron chi connectivity index (χ0n) is 13.2. The largest absolute Gasteiger partial charge is 0.337 e. The monoisotopic (exact) mass is 314 g/mol. The number of amides is 2. The molecule has 3 saturated heterocycles. The Hall–Kier alpha value is -1.98. The van der Waals surface area contributed by atoms with E-state index in [0.29, 0.717) is 24.1 Å². The van der Waals surface area contributed by atoms with E-state index in [1.807, 2.05) is 4.90 Å². The lowest BCUT2D eigenvalue weighted by atomic mass is 9.83. The molecule has 4 aliphatic rings. The van der Waals surface area contributed by atoms with Gasteiger partial charge in [-0.05, 0) is 31.6 Å². The van der Waals surface area contributed by atoms with Crippen LogP contribution in [0.4, 0.5) is 0 Å². The molecule has 1 saturated carbocycles. The summed E-state index contributed by atoms with van der Waals surface area (Å²) in [6, 6.07) is 0.169. The van der Waals surface area contributed by atoms with E-state index >= 15 is 0 Å². The number of carbonyl (C=O) groups is 2. The second kappa shape index (κ2) is 5.91. The van der Waals surface area contributed by atoms with Crippen LogP contribution in [0.3, 0.4) is 0 Å². The van der Waals surface area contributed by atoms with E-state index in [0.717, 1.165) is 38.8 Å². The molecule has 6 heteroatoms. The molecule has 2 amide bonds. The highest BCUT2D eigenvalue weighted by Crippen LogP contribution is 2.34. The van der Waals surface area contributed by atoms with Gasteiger partial charge in [-0.2, -0.15) is 0 Å². The average Bonchev–Trinajstić information content (AvgIpc) is 2.85. The topological polar surface area (TPSA) is 66.4 Å². The quantitative estimate of drug-likeness (QED) is 0.826. The van der Waals surface area contributed by atoms with Gasteiger partial charge < -0.3 is 9.80 Å². The molecule has 6 nitrogen and oxygen atoms in total. The number of carbonyl (C=O) groups excluding carboxylic acids is 2. The van der Waals surface area contributed by atoms with Gasteiger partial charge in [0, 0.05) is 44.0 Å². The normalized spacial score (nSPS) is 27.5. The number of rotatable bonds is 2. The van der Waals surface area contributed by atoms with Crippen LogP contribution in [0.2, 0.25) is 0 Å². The first-order valence-corrected chi connectivity index (χ1v) is 8.58. The summed E-state index contributed by atoms with van der Waals surface area (Å²) in [5, 5.41) is 0. The zero-order chi connectivity index (χ0) is 15.8. The van der Waals surface area contributed by atoms with E-state index in [2.05, 4.69) is 14.9 Å². The molecule has 122 valence electrons. The lowest BCUT2D eigenvalue weighted by molar-refractivity contribution is -0.142. The number of fused-ring (bicyclic) bond motifs is 4. The van der Waals surface area contributed by atoms with Gasteiger partial charge in [0.15, 0.2) is 0 Å². The van der Waals surface area contributed by atoms with Gasteiger partial charge in [0.1, 0.15) is 5.69 Å². The van der Waals surface area contributed by atoms with Gasteiger partial charge in [0.05, 0.1) is 6.20 Å². The van der Waals surface area contributed by atoms with Crippen LogP contribution in [-0.4, -0.2) is 57.3 Å². The lowest BCUT2D eigenvalue weighted by Crippen LogP contribution is -2.50. The number of aromatic nitrogens is 2. The standard InChI is InChI=1S/C17H22N4O2/c22-16(13-2-1-3-13)21-10-12-4-5-14(21)11-20(9-12)17(23)15-8-18-6-7-19-15/h6-8,12-14H,1-5,9-11H2. The summed E-state index contributed by atoms with van der Waals surface area (Å²) in [6.07, 6.45) is 10.00. The van der Waals surface area contributed by atoms with Crippen molar-refractivity contribution >= 4 is 11.8 Å². The molecule has 4 heterocycles. The maximum Gasteiger partial charge on any atom is 0.274 e. The van der Waals surface area contributed by atoms with E-state index in [1.165, 1.54) is 12.6 Å². The van der Waals surface area contributed by atoms with Crippen LogP contribution in [0.15, 0.2) is 18.6 Å². The molecule has 3 aliphatic heterocycles. The van der Waals surface area contributed by atoms with Crippen LogP contribution in [0.5, 0.6) is 0 Å². The van der Waals surface area contributed by atoms with E-state index in [9.17, 15) is 9.59 Å². The molecule has 0 radical (unpaired) electrons. The molecular weight excluding hydrogens is 292 g/mol. The van der Waals surface area contributed by atoms with Gasteiger partial charge in [-0.1, -0.05) is 6.42 Å². The summed E-state index contributed by atoms with van der Waals surface area (Å²) in [6.45, 7) is 2.16. The second-order valence-electron chi connectivity index (χ2n) is 7.02. The fourth-order valence-corrected chi connectivity index (χ4v) is 3.98. The maximum absolute atomic E-state index is 12.7. The summed E-state index contributed by atoms with van der Waals surface area (Å²) in [5.74, 6) is 0.879. The Bertz CT molecular complexity index is 602. The molecule has 2 atom stereocenters. The fraction of sp³-hybridized carbons (Fsp3) is 0.647. The zero-order valence-corrected chi connectivity index (χ0v) is 13.2. The van der Waals surface area contributed by atoms with E-state index in [1.54, 1.807) is 12.4 Å². The Morgan fingerprint density at radius 2 is 1.91 bits per heavy atom. The van der Waals surface area contributed by atoms with Crippen molar-refractivity contribution in [3.63, 3.8) is 0 Å². The number of hydrogen-bond donors (Lipinski definition) is 0. The molecule has 0 aromatic carbocycles.